The van der Waals surface area contributed by atoms with Crippen molar-refractivity contribution < 1.29 is 14.6 Å². The number of aliphatic hydroxyl groups is 1. The Morgan fingerprint density at radius 3 is 3.05 bits per heavy atom. The minimum absolute atomic E-state index is 0.0484. The molecule has 0 aromatic heterocycles. The molecule has 0 spiro atoms. The smallest absolute Gasteiger partial charge is 0.261 e. The summed E-state index contributed by atoms with van der Waals surface area (Å²) in [6.07, 6.45) is 3.14. The minimum atomic E-state index is -0.434. The first kappa shape index (κ1) is 13.4. The Kier molecular flexibility index (Phi) is 3.42. The zero-order valence-corrected chi connectivity index (χ0v) is 11.8. The van der Waals surface area contributed by atoms with Crippen LogP contribution in [-0.2, 0) is 11.2 Å². The molecule has 1 aliphatic carbocycles. The number of amides is 1. The molecular weight excluding hydrogens is 254 g/mol. The molecule has 0 bridgehead atoms. The molecule has 1 heterocycles. The van der Waals surface area contributed by atoms with E-state index in [0.717, 1.165) is 30.6 Å². The largest absolute Gasteiger partial charge is 0.480 e. The lowest BCUT2D eigenvalue weighted by Crippen LogP contribution is -2.49. The molecule has 1 aromatic carbocycles. The number of benzene rings is 1. The summed E-state index contributed by atoms with van der Waals surface area (Å²) in [5.41, 5.74) is 0.894. The average molecular weight is 275 g/mol. The van der Waals surface area contributed by atoms with Crippen molar-refractivity contribution in [1.29, 1.82) is 0 Å². The predicted octanol–water partition coefficient (Wildman–Crippen LogP) is 1.66. The van der Waals surface area contributed by atoms with Crippen molar-refractivity contribution in [3.05, 3.63) is 29.8 Å². The van der Waals surface area contributed by atoms with Gasteiger partial charge in [-0.15, -0.1) is 0 Å². The van der Waals surface area contributed by atoms with E-state index < -0.39 is 6.10 Å². The third-order valence-electron chi connectivity index (χ3n) is 4.70. The molecule has 4 nitrogen and oxygen atoms in total. The first-order chi connectivity index (χ1) is 9.62. The minimum Gasteiger partial charge on any atom is -0.480 e. The summed E-state index contributed by atoms with van der Waals surface area (Å²) >= 11 is 0. The number of carbonyl (C=O) groups is 1. The standard InChI is InChI=1S/C16H21NO3/c1-16(10-18)8-4-7-14(16)17-15(19)13-9-11-5-2-3-6-12(11)20-13/h2-3,5-6,13-14,18H,4,7-10H2,1H3,(H,17,19). The number of hydrogen-bond donors (Lipinski definition) is 2. The van der Waals surface area contributed by atoms with Crippen LogP contribution < -0.4 is 10.1 Å². The molecule has 3 unspecified atom stereocenters. The van der Waals surface area contributed by atoms with E-state index in [9.17, 15) is 9.90 Å². The van der Waals surface area contributed by atoms with Gasteiger partial charge in [0, 0.05) is 17.9 Å². The number of nitrogens with one attached hydrogen (secondary N) is 1. The maximum Gasteiger partial charge on any atom is 0.261 e. The third kappa shape index (κ3) is 2.29. The van der Waals surface area contributed by atoms with Crippen LogP contribution in [0.2, 0.25) is 0 Å². The normalized spacial score (nSPS) is 31.7. The number of hydrogen-bond acceptors (Lipinski definition) is 3. The number of para-hydroxylation sites is 1. The van der Waals surface area contributed by atoms with Crippen LogP contribution in [0.1, 0.15) is 31.7 Å². The van der Waals surface area contributed by atoms with Crippen LogP contribution in [0, 0.1) is 5.41 Å². The van der Waals surface area contributed by atoms with Crippen molar-refractivity contribution in [2.45, 2.75) is 44.8 Å². The third-order valence-corrected chi connectivity index (χ3v) is 4.70. The molecule has 108 valence electrons. The molecule has 3 rings (SSSR count). The molecule has 1 saturated carbocycles. The molecule has 2 N–H and O–H groups in total. The van der Waals surface area contributed by atoms with Gasteiger partial charge in [0.1, 0.15) is 5.75 Å². The van der Waals surface area contributed by atoms with E-state index in [-0.39, 0.29) is 24.0 Å². The van der Waals surface area contributed by atoms with E-state index in [1.807, 2.05) is 31.2 Å². The van der Waals surface area contributed by atoms with Gasteiger partial charge in [0.15, 0.2) is 6.10 Å². The van der Waals surface area contributed by atoms with E-state index in [0.29, 0.717) is 6.42 Å². The fraction of sp³-hybridized carbons (Fsp3) is 0.562. The van der Waals surface area contributed by atoms with Gasteiger partial charge in [0.2, 0.25) is 0 Å². The van der Waals surface area contributed by atoms with Gasteiger partial charge in [-0.3, -0.25) is 4.79 Å². The fourth-order valence-corrected chi connectivity index (χ4v) is 3.26. The van der Waals surface area contributed by atoms with Gasteiger partial charge < -0.3 is 15.2 Å². The van der Waals surface area contributed by atoms with E-state index >= 15 is 0 Å². The van der Waals surface area contributed by atoms with Gasteiger partial charge in [-0.25, -0.2) is 0 Å². The second kappa shape index (κ2) is 5.09. The van der Waals surface area contributed by atoms with Gasteiger partial charge in [-0.05, 0) is 24.5 Å². The van der Waals surface area contributed by atoms with Crippen LogP contribution in [0.5, 0.6) is 5.75 Å². The molecule has 2 aliphatic rings. The summed E-state index contributed by atoms with van der Waals surface area (Å²) in [5.74, 6) is 0.747. The van der Waals surface area contributed by atoms with Crippen molar-refractivity contribution in [3.63, 3.8) is 0 Å². The van der Waals surface area contributed by atoms with Crippen LogP contribution in [0.15, 0.2) is 24.3 Å². The van der Waals surface area contributed by atoms with Crippen molar-refractivity contribution in [2.75, 3.05) is 6.61 Å². The van der Waals surface area contributed by atoms with E-state index in [1.165, 1.54) is 0 Å². The van der Waals surface area contributed by atoms with Gasteiger partial charge in [-0.2, -0.15) is 0 Å². The summed E-state index contributed by atoms with van der Waals surface area (Å²) in [6, 6.07) is 7.82. The number of fused-ring (bicyclic) bond motifs is 1. The van der Waals surface area contributed by atoms with Crippen LogP contribution in [0.25, 0.3) is 0 Å². The Morgan fingerprint density at radius 1 is 1.50 bits per heavy atom. The topological polar surface area (TPSA) is 58.6 Å². The molecule has 1 amide bonds. The number of aliphatic hydroxyl groups excluding tert-OH is 1. The maximum absolute atomic E-state index is 12.4. The first-order valence-electron chi connectivity index (χ1n) is 7.28. The summed E-state index contributed by atoms with van der Waals surface area (Å²) in [6.45, 7) is 2.15. The summed E-state index contributed by atoms with van der Waals surface area (Å²) < 4.78 is 5.71. The van der Waals surface area contributed by atoms with Gasteiger partial charge >= 0.3 is 0 Å². The van der Waals surface area contributed by atoms with Gasteiger partial charge in [-0.1, -0.05) is 31.5 Å². The van der Waals surface area contributed by atoms with Crippen LogP contribution in [0.4, 0.5) is 0 Å². The van der Waals surface area contributed by atoms with Crippen LogP contribution >= 0.6 is 0 Å². The highest BCUT2D eigenvalue weighted by atomic mass is 16.5. The molecule has 3 atom stereocenters. The first-order valence-corrected chi connectivity index (χ1v) is 7.28. The van der Waals surface area contributed by atoms with Crippen molar-refractivity contribution in [2.24, 2.45) is 5.41 Å². The summed E-state index contributed by atoms with van der Waals surface area (Å²) in [5, 5.41) is 12.6. The summed E-state index contributed by atoms with van der Waals surface area (Å²) in [7, 11) is 0. The Bertz CT molecular complexity index is 491. The SMILES string of the molecule is CC1(CO)CCCC1NC(=O)C1Cc2ccccc2O1. The Hall–Kier alpha value is -1.55. The van der Waals surface area contributed by atoms with Gasteiger partial charge in [0.05, 0.1) is 6.61 Å². The highest BCUT2D eigenvalue weighted by Crippen LogP contribution is 2.37. The number of carbonyl (C=O) groups excluding carboxylic acids is 1. The van der Waals surface area contributed by atoms with Crippen LogP contribution in [0.3, 0.4) is 0 Å². The lowest BCUT2D eigenvalue weighted by Gasteiger charge is -2.30. The molecule has 4 heteroatoms. The highest BCUT2D eigenvalue weighted by molar-refractivity contribution is 5.82. The van der Waals surface area contributed by atoms with Crippen LogP contribution in [-0.4, -0.2) is 29.8 Å². The molecule has 0 radical (unpaired) electrons. The highest BCUT2D eigenvalue weighted by Gasteiger charge is 2.40. The van der Waals surface area contributed by atoms with Crippen molar-refractivity contribution in [3.8, 4) is 5.75 Å². The fourth-order valence-electron chi connectivity index (χ4n) is 3.26. The average Bonchev–Trinajstić information content (AvgIpc) is 3.04. The molecule has 0 saturated heterocycles. The molecule has 1 fully saturated rings. The maximum atomic E-state index is 12.4. The molecule has 20 heavy (non-hydrogen) atoms. The Labute approximate surface area is 119 Å². The Morgan fingerprint density at radius 2 is 2.30 bits per heavy atom. The lowest BCUT2D eigenvalue weighted by atomic mass is 9.85. The molecule has 1 aliphatic heterocycles. The van der Waals surface area contributed by atoms with Crippen molar-refractivity contribution in [1.82, 2.24) is 5.32 Å². The molecule has 1 aromatic rings. The zero-order chi connectivity index (χ0) is 14.2. The quantitative estimate of drug-likeness (QED) is 0.882. The number of rotatable bonds is 3. The monoisotopic (exact) mass is 275 g/mol. The van der Waals surface area contributed by atoms with E-state index in [1.54, 1.807) is 0 Å². The lowest BCUT2D eigenvalue weighted by molar-refractivity contribution is -0.128. The van der Waals surface area contributed by atoms with E-state index in [4.69, 9.17) is 4.74 Å². The second-order valence-corrected chi connectivity index (χ2v) is 6.18. The molecular formula is C16H21NO3. The summed E-state index contributed by atoms with van der Waals surface area (Å²) in [4.78, 5) is 12.4. The van der Waals surface area contributed by atoms with E-state index in [2.05, 4.69) is 5.32 Å². The predicted molar refractivity (Wildman–Crippen MR) is 75.5 cm³/mol. The number of ether oxygens (including phenoxy) is 1. The Balaban J connectivity index is 1.64. The zero-order valence-electron chi connectivity index (χ0n) is 11.8. The second-order valence-electron chi connectivity index (χ2n) is 6.18. The van der Waals surface area contributed by atoms with Crippen molar-refractivity contribution >= 4 is 5.91 Å². The van der Waals surface area contributed by atoms with Gasteiger partial charge in [0.25, 0.3) is 5.91 Å².